The van der Waals surface area contributed by atoms with Crippen LogP contribution in [0.4, 0.5) is 10.9 Å². The Labute approximate surface area is 146 Å². The van der Waals surface area contributed by atoms with Crippen molar-refractivity contribution in [3.63, 3.8) is 0 Å². The minimum Gasteiger partial charge on any atom is -0.360 e. The highest BCUT2D eigenvalue weighted by Gasteiger charge is 2.18. The highest BCUT2D eigenvalue weighted by Crippen LogP contribution is 2.30. The van der Waals surface area contributed by atoms with Gasteiger partial charge in [0.1, 0.15) is 0 Å². The summed E-state index contributed by atoms with van der Waals surface area (Å²) in [4.78, 5) is 16.2. The normalized spacial score (nSPS) is 12.0. The van der Waals surface area contributed by atoms with Gasteiger partial charge in [0.2, 0.25) is 11.0 Å². The number of carbonyl (C=O) groups is 1. The Kier molecular flexibility index (Phi) is 6.25. The van der Waals surface area contributed by atoms with E-state index in [4.69, 9.17) is 23.2 Å². The van der Waals surface area contributed by atoms with Gasteiger partial charge in [-0.3, -0.25) is 4.79 Å². The van der Waals surface area contributed by atoms with E-state index in [1.54, 1.807) is 6.92 Å². The number of thioether (sulfide) groups is 1. The van der Waals surface area contributed by atoms with Crippen LogP contribution in [0.1, 0.15) is 13.8 Å². The van der Waals surface area contributed by atoms with Crippen LogP contribution in [0, 0.1) is 0 Å². The van der Waals surface area contributed by atoms with Crippen molar-refractivity contribution in [3.05, 3.63) is 22.3 Å². The third-order valence-corrected chi connectivity index (χ3v) is 4.99. The molecule has 2 heterocycles. The van der Waals surface area contributed by atoms with Crippen molar-refractivity contribution in [1.29, 1.82) is 0 Å². The minimum absolute atomic E-state index is 0.220. The van der Waals surface area contributed by atoms with Crippen molar-refractivity contribution in [2.75, 3.05) is 17.2 Å². The first-order valence-corrected chi connectivity index (χ1v) is 8.80. The fraction of sp³-hybridized carbons (Fsp3) is 0.333. The summed E-state index contributed by atoms with van der Waals surface area (Å²) >= 11 is 14.5. The molecule has 118 valence electrons. The third kappa shape index (κ3) is 4.70. The molecule has 0 aromatic carbocycles. The Morgan fingerprint density at radius 1 is 1.45 bits per heavy atom. The second kappa shape index (κ2) is 7.96. The Balaban J connectivity index is 1.96. The number of hydrogen-bond donors (Lipinski definition) is 2. The maximum absolute atomic E-state index is 12.2. The molecule has 2 rings (SSSR count). The topological polar surface area (TPSA) is 79.8 Å². The number of halogens is 2. The lowest BCUT2D eigenvalue weighted by Crippen LogP contribution is -2.23. The van der Waals surface area contributed by atoms with Crippen molar-refractivity contribution in [2.24, 2.45) is 0 Å². The lowest BCUT2D eigenvalue weighted by atomic mass is 10.4. The van der Waals surface area contributed by atoms with Crippen LogP contribution in [-0.2, 0) is 4.79 Å². The predicted octanol–water partition coefficient (Wildman–Crippen LogP) is 3.79. The molecule has 0 spiro atoms. The van der Waals surface area contributed by atoms with Crippen LogP contribution in [0.2, 0.25) is 10.0 Å². The maximum atomic E-state index is 12.2. The van der Waals surface area contributed by atoms with Crippen LogP contribution in [0.15, 0.2) is 16.6 Å². The van der Waals surface area contributed by atoms with Gasteiger partial charge in [0.15, 0.2) is 10.2 Å². The van der Waals surface area contributed by atoms with Gasteiger partial charge in [-0.1, -0.05) is 46.3 Å². The van der Waals surface area contributed by atoms with Crippen molar-refractivity contribution >= 4 is 63.2 Å². The maximum Gasteiger partial charge on any atom is 0.238 e. The number of amides is 1. The highest BCUT2D eigenvalue weighted by molar-refractivity contribution is 8.02. The van der Waals surface area contributed by atoms with Crippen molar-refractivity contribution in [1.82, 2.24) is 15.2 Å². The lowest BCUT2D eigenvalue weighted by molar-refractivity contribution is -0.115. The Morgan fingerprint density at radius 2 is 2.23 bits per heavy atom. The van der Waals surface area contributed by atoms with Crippen LogP contribution in [0.25, 0.3) is 0 Å². The zero-order chi connectivity index (χ0) is 16.1. The zero-order valence-corrected chi connectivity index (χ0v) is 14.9. The van der Waals surface area contributed by atoms with E-state index in [1.165, 1.54) is 35.4 Å². The summed E-state index contributed by atoms with van der Waals surface area (Å²) in [5.41, 5.74) is 0. The molecule has 0 bridgehead atoms. The molecule has 6 nitrogen and oxygen atoms in total. The highest BCUT2D eigenvalue weighted by atomic mass is 35.5. The van der Waals surface area contributed by atoms with Crippen molar-refractivity contribution < 1.29 is 4.79 Å². The van der Waals surface area contributed by atoms with Crippen LogP contribution in [-0.4, -0.2) is 32.9 Å². The van der Waals surface area contributed by atoms with E-state index in [0.717, 1.165) is 11.7 Å². The van der Waals surface area contributed by atoms with Gasteiger partial charge in [0, 0.05) is 12.7 Å². The van der Waals surface area contributed by atoms with Gasteiger partial charge < -0.3 is 10.6 Å². The van der Waals surface area contributed by atoms with Crippen molar-refractivity contribution in [3.8, 4) is 0 Å². The molecule has 0 saturated heterocycles. The van der Waals surface area contributed by atoms with E-state index in [2.05, 4.69) is 25.8 Å². The second-order valence-electron chi connectivity index (χ2n) is 4.14. The van der Waals surface area contributed by atoms with E-state index < -0.39 is 0 Å². The van der Waals surface area contributed by atoms with Crippen LogP contribution in [0.5, 0.6) is 0 Å². The molecule has 1 atom stereocenters. The number of rotatable bonds is 6. The van der Waals surface area contributed by atoms with Gasteiger partial charge in [-0.25, -0.2) is 4.98 Å². The summed E-state index contributed by atoms with van der Waals surface area (Å²) in [6, 6.07) is 1.52. The largest absolute Gasteiger partial charge is 0.360 e. The summed E-state index contributed by atoms with van der Waals surface area (Å²) in [7, 11) is 0. The fourth-order valence-electron chi connectivity index (χ4n) is 1.41. The standard InChI is InChI=1S/C12H13Cl2N5OS2/c1-3-15-11-18-19-12(22-11)21-6(2)10(20)17-9-8(14)4-7(13)5-16-9/h4-6H,3H2,1-2H3,(H,15,18)(H,16,17,20)/t6-/m1/s1. The molecule has 0 aliphatic heterocycles. The van der Waals surface area contributed by atoms with E-state index in [1.807, 2.05) is 6.92 Å². The van der Waals surface area contributed by atoms with Gasteiger partial charge in [0.25, 0.3) is 0 Å². The van der Waals surface area contributed by atoms with E-state index in [-0.39, 0.29) is 17.0 Å². The molecule has 0 unspecified atom stereocenters. The monoisotopic (exact) mass is 377 g/mol. The Bertz CT molecular complexity index is 667. The molecule has 1 amide bonds. The number of carbonyl (C=O) groups excluding carboxylic acids is 1. The summed E-state index contributed by atoms with van der Waals surface area (Å²) in [5.74, 6) is 0.0658. The first-order chi connectivity index (χ1) is 10.5. The molecule has 0 fully saturated rings. The van der Waals surface area contributed by atoms with Crippen LogP contribution in [0.3, 0.4) is 0 Å². The molecule has 0 aliphatic carbocycles. The average molecular weight is 378 g/mol. The SMILES string of the molecule is CCNc1nnc(S[C@H](C)C(=O)Nc2ncc(Cl)cc2Cl)s1. The summed E-state index contributed by atoms with van der Waals surface area (Å²) in [6.45, 7) is 4.53. The number of hydrogen-bond acceptors (Lipinski definition) is 7. The van der Waals surface area contributed by atoms with E-state index in [9.17, 15) is 4.79 Å². The van der Waals surface area contributed by atoms with Gasteiger partial charge in [-0.05, 0) is 19.9 Å². The Morgan fingerprint density at radius 3 is 2.91 bits per heavy atom. The number of aromatic nitrogens is 3. The fourth-order valence-corrected chi connectivity index (χ4v) is 3.80. The molecule has 0 radical (unpaired) electrons. The molecular formula is C12H13Cl2N5OS2. The van der Waals surface area contributed by atoms with E-state index >= 15 is 0 Å². The molecule has 2 aromatic rings. The van der Waals surface area contributed by atoms with Crippen LogP contribution >= 0.6 is 46.3 Å². The smallest absolute Gasteiger partial charge is 0.238 e. The zero-order valence-electron chi connectivity index (χ0n) is 11.8. The van der Waals surface area contributed by atoms with Crippen molar-refractivity contribution in [2.45, 2.75) is 23.4 Å². The first kappa shape index (κ1) is 17.3. The number of nitrogens with one attached hydrogen (secondary N) is 2. The quantitative estimate of drug-likeness (QED) is 0.745. The van der Waals surface area contributed by atoms with Gasteiger partial charge in [0.05, 0.1) is 15.3 Å². The molecule has 22 heavy (non-hydrogen) atoms. The Hall–Kier alpha value is -1.09. The molecule has 0 aliphatic rings. The summed E-state index contributed by atoms with van der Waals surface area (Å²) < 4.78 is 0.716. The number of anilines is 2. The number of pyridine rings is 1. The van der Waals surface area contributed by atoms with E-state index in [0.29, 0.717) is 14.4 Å². The van der Waals surface area contributed by atoms with Gasteiger partial charge in [-0.15, -0.1) is 10.2 Å². The molecule has 10 heteroatoms. The summed E-state index contributed by atoms with van der Waals surface area (Å²) in [6.07, 6.45) is 1.42. The summed E-state index contributed by atoms with van der Waals surface area (Å²) in [5, 5.41) is 14.8. The minimum atomic E-state index is -0.365. The predicted molar refractivity (Wildman–Crippen MR) is 92.3 cm³/mol. The first-order valence-electron chi connectivity index (χ1n) is 6.35. The molecule has 2 N–H and O–H groups in total. The molecular weight excluding hydrogens is 365 g/mol. The molecule has 2 aromatic heterocycles. The number of nitrogens with zero attached hydrogens (tertiary/aromatic N) is 3. The second-order valence-corrected chi connectivity index (χ2v) is 7.55. The van der Waals surface area contributed by atoms with Gasteiger partial charge in [-0.2, -0.15) is 0 Å². The lowest BCUT2D eigenvalue weighted by Gasteiger charge is -2.10. The molecule has 0 saturated carbocycles. The average Bonchev–Trinajstić information content (AvgIpc) is 2.89. The van der Waals surface area contributed by atoms with Crippen LogP contribution < -0.4 is 10.6 Å². The van der Waals surface area contributed by atoms with Gasteiger partial charge >= 0.3 is 0 Å². The third-order valence-electron chi connectivity index (χ3n) is 2.43.